The lowest BCUT2D eigenvalue weighted by atomic mass is 10.0. The monoisotopic (exact) mass is 395 g/mol. The van der Waals surface area contributed by atoms with Gasteiger partial charge in [-0.15, -0.1) is 0 Å². The van der Waals surface area contributed by atoms with Crippen LogP contribution in [0.1, 0.15) is 35.2 Å². The highest BCUT2D eigenvalue weighted by Gasteiger charge is 2.09. The van der Waals surface area contributed by atoms with Crippen LogP contribution in [0.2, 0.25) is 0 Å². The normalized spacial score (nSPS) is 12.4. The number of hydrogen-bond donors (Lipinski definition) is 1. The summed E-state index contributed by atoms with van der Waals surface area (Å²) in [6.45, 7) is 7.38. The largest absolute Gasteiger partial charge is 0.306 e. The van der Waals surface area contributed by atoms with Gasteiger partial charge in [0.05, 0.1) is 0 Å². The highest BCUT2D eigenvalue weighted by molar-refractivity contribution is 9.11. The van der Waals surface area contributed by atoms with Crippen molar-refractivity contribution in [3.63, 3.8) is 0 Å². The van der Waals surface area contributed by atoms with Crippen LogP contribution in [-0.2, 0) is 6.54 Å². The van der Waals surface area contributed by atoms with Gasteiger partial charge >= 0.3 is 0 Å². The fourth-order valence-electron chi connectivity index (χ4n) is 2.22. The average Bonchev–Trinajstić information content (AvgIpc) is 2.39. The molecule has 0 saturated carbocycles. The molecular weight excluding hydrogens is 378 g/mol. The Hall–Kier alpha value is -0.640. The van der Waals surface area contributed by atoms with Gasteiger partial charge in [-0.05, 0) is 49.6 Å². The summed E-state index contributed by atoms with van der Waals surface area (Å²) in [5.41, 5.74) is 5.29. The molecule has 0 aliphatic rings. The Balaban J connectivity index is 2.08. The van der Waals surface area contributed by atoms with Crippen LogP contribution < -0.4 is 5.32 Å². The predicted molar refractivity (Wildman–Crippen MR) is 93.0 cm³/mol. The minimum absolute atomic E-state index is 0.303. The Morgan fingerprint density at radius 2 is 1.80 bits per heavy atom. The summed E-state index contributed by atoms with van der Waals surface area (Å²) in [6, 6.07) is 13.2. The van der Waals surface area contributed by atoms with Crippen molar-refractivity contribution in [2.45, 2.75) is 33.4 Å². The minimum atomic E-state index is 0.303. The molecule has 0 bridgehead atoms. The molecule has 0 aliphatic carbocycles. The summed E-state index contributed by atoms with van der Waals surface area (Å²) in [6.07, 6.45) is 0. The molecule has 106 valence electrons. The van der Waals surface area contributed by atoms with Crippen LogP contribution in [0, 0.1) is 13.8 Å². The lowest BCUT2D eigenvalue weighted by molar-refractivity contribution is 0.571. The van der Waals surface area contributed by atoms with Crippen LogP contribution >= 0.6 is 31.9 Å². The first-order valence-corrected chi connectivity index (χ1v) is 8.30. The van der Waals surface area contributed by atoms with Gasteiger partial charge in [-0.1, -0.05) is 61.7 Å². The summed E-state index contributed by atoms with van der Waals surface area (Å²) in [4.78, 5) is 0. The molecule has 0 amide bonds. The van der Waals surface area contributed by atoms with Gasteiger partial charge in [0.15, 0.2) is 0 Å². The van der Waals surface area contributed by atoms with E-state index in [9.17, 15) is 0 Å². The van der Waals surface area contributed by atoms with Crippen molar-refractivity contribution in [2.24, 2.45) is 0 Å². The summed E-state index contributed by atoms with van der Waals surface area (Å²) in [5, 5.41) is 3.60. The molecule has 1 nitrogen and oxygen atoms in total. The zero-order chi connectivity index (χ0) is 14.7. The summed E-state index contributed by atoms with van der Waals surface area (Å²) in [7, 11) is 0. The number of hydrogen-bond acceptors (Lipinski definition) is 1. The maximum absolute atomic E-state index is 3.63. The van der Waals surface area contributed by atoms with Gasteiger partial charge in [0.25, 0.3) is 0 Å². The van der Waals surface area contributed by atoms with E-state index in [1.54, 1.807) is 0 Å². The molecule has 2 rings (SSSR count). The molecule has 0 saturated heterocycles. The Labute approximate surface area is 138 Å². The maximum Gasteiger partial charge on any atom is 0.0306 e. The van der Waals surface area contributed by atoms with E-state index in [0.29, 0.717) is 6.04 Å². The third kappa shape index (κ3) is 3.94. The molecule has 2 aromatic rings. The lowest BCUT2D eigenvalue weighted by Gasteiger charge is -2.17. The van der Waals surface area contributed by atoms with E-state index in [-0.39, 0.29) is 0 Å². The Morgan fingerprint density at radius 3 is 2.50 bits per heavy atom. The van der Waals surface area contributed by atoms with Gasteiger partial charge in [0.1, 0.15) is 0 Å². The molecular formula is C17H19Br2N. The highest BCUT2D eigenvalue weighted by atomic mass is 79.9. The molecule has 1 unspecified atom stereocenters. The van der Waals surface area contributed by atoms with Gasteiger partial charge in [0, 0.05) is 21.5 Å². The zero-order valence-electron chi connectivity index (χ0n) is 12.0. The van der Waals surface area contributed by atoms with E-state index < -0.39 is 0 Å². The second-order valence-electron chi connectivity index (χ2n) is 5.20. The highest BCUT2D eigenvalue weighted by Crippen LogP contribution is 2.27. The Bertz CT molecular complexity index is 608. The topological polar surface area (TPSA) is 12.0 Å². The molecule has 0 aliphatic heterocycles. The Kier molecular flexibility index (Phi) is 5.42. The van der Waals surface area contributed by atoms with Gasteiger partial charge in [-0.3, -0.25) is 0 Å². The Morgan fingerprint density at radius 1 is 1.05 bits per heavy atom. The molecule has 0 radical (unpaired) electrons. The summed E-state index contributed by atoms with van der Waals surface area (Å²) < 4.78 is 2.22. The average molecular weight is 397 g/mol. The molecule has 1 atom stereocenters. The third-order valence-electron chi connectivity index (χ3n) is 3.53. The van der Waals surface area contributed by atoms with Crippen LogP contribution in [-0.4, -0.2) is 0 Å². The summed E-state index contributed by atoms with van der Waals surface area (Å²) in [5.74, 6) is 0. The molecule has 20 heavy (non-hydrogen) atoms. The van der Waals surface area contributed by atoms with Gasteiger partial charge in [0.2, 0.25) is 0 Å². The second kappa shape index (κ2) is 6.88. The van der Waals surface area contributed by atoms with Crippen molar-refractivity contribution in [2.75, 3.05) is 0 Å². The maximum atomic E-state index is 3.63. The number of benzene rings is 2. The second-order valence-corrected chi connectivity index (χ2v) is 6.97. The van der Waals surface area contributed by atoms with Gasteiger partial charge in [-0.2, -0.15) is 0 Å². The minimum Gasteiger partial charge on any atom is -0.306 e. The molecule has 2 aromatic carbocycles. The van der Waals surface area contributed by atoms with E-state index in [1.165, 1.54) is 22.3 Å². The van der Waals surface area contributed by atoms with Crippen LogP contribution in [0.15, 0.2) is 45.3 Å². The zero-order valence-corrected chi connectivity index (χ0v) is 15.2. The molecule has 3 heteroatoms. The van der Waals surface area contributed by atoms with Crippen molar-refractivity contribution in [1.82, 2.24) is 5.32 Å². The fraction of sp³-hybridized carbons (Fsp3) is 0.294. The fourth-order valence-corrected chi connectivity index (χ4v) is 3.61. The van der Waals surface area contributed by atoms with Gasteiger partial charge in [-0.25, -0.2) is 0 Å². The quantitative estimate of drug-likeness (QED) is 0.700. The third-order valence-corrected chi connectivity index (χ3v) is 4.71. The van der Waals surface area contributed by atoms with Crippen LogP contribution in [0.25, 0.3) is 0 Å². The van der Waals surface area contributed by atoms with E-state index in [0.717, 1.165) is 15.5 Å². The van der Waals surface area contributed by atoms with E-state index in [2.05, 4.69) is 94.3 Å². The predicted octanol–water partition coefficient (Wildman–Crippen LogP) is 5.68. The van der Waals surface area contributed by atoms with Crippen molar-refractivity contribution in [3.8, 4) is 0 Å². The van der Waals surface area contributed by atoms with Crippen molar-refractivity contribution in [3.05, 3.63) is 67.6 Å². The van der Waals surface area contributed by atoms with E-state index in [4.69, 9.17) is 0 Å². The number of halogens is 2. The molecule has 0 heterocycles. The van der Waals surface area contributed by atoms with Crippen molar-refractivity contribution in [1.29, 1.82) is 0 Å². The van der Waals surface area contributed by atoms with Crippen LogP contribution in [0.4, 0.5) is 0 Å². The summed E-state index contributed by atoms with van der Waals surface area (Å²) >= 11 is 7.12. The number of rotatable bonds is 4. The molecule has 0 aromatic heterocycles. The first-order chi connectivity index (χ1) is 9.47. The van der Waals surface area contributed by atoms with Crippen molar-refractivity contribution < 1.29 is 0 Å². The SMILES string of the molecule is Cc1ccc(C)c(CNC(C)c2ccc(Br)cc2Br)c1. The van der Waals surface area contributed by atoms with E-state index >= 15 is 0 Å². The number of aryl methyl sites for hydroxylation is 2. The first kappa shape index (κ1) is 15.7. The number of nitrogens with one attached hydrogen (secondary N) is 1. The molecule has 1 N–H and O–H groups in total. The lowest BCUT2D eigenvalue weighted by Crippen LogP contribution is -2.19. The van der Waals surface area contributed by atoms with E-state index in [1.807, 2.05) is 0 Å². The van der Waals surface area contributed by atoms with Crippen LogP contribution in [0.5, 0.6) is 0 Å². The van der Waals surface area contributed by atoms with Crippen LogP contribution in [0.3, 0.4) is 0 Å². The molecule has 0 spiro atoms. The van der Waals surface area contributed by atoms with Gasteiger partial charge < -0.3 is 5.32 Å². The molecule has 0 fully saturated rings. The van der Waals surface area contributed by atoms with Crippen molar-refractivity contribution >= 4 is 31.9 Å². The smallest absolute Gasteiger partial charge is 0.0306 e. The first-order valence-electron chi connectivity index (χ1n) is 6.72. The standard InChI is InChI=1S/C17H19Br2N/c1-11-4-5-12(2)14(8-11)10-20-13(3)16-7-6-15(18)9-17(16)19/h4-9,13,20H,10H2,1-3H3.